The Hall–Kier alpha value is -0.760. The molecule has 0 radical (unpaired) electrons. The van der Waals surface area contributed by atoms with Gasteiger partial charge in [-0.05, 0) is 6.42 Å². The van der Waals surface area contributed by atoms with Gasteiger partial charge in [0.05, 0.1) is 6.61 Å². The van der Waals surface area contributed by atoms with Crippen LogP contribution in [0.15, 0.2) is 0 Å². The smallest absolute Gasteiger partial charge is 0.256 e. The van der Waals surface area contributed by atoms with Gasteiger partial charge in [0.25, 0.3) is 5.91 Å². The van der Waals surface area contributed by atoms with Crippen molar-refractivity contribution in [3.05, 3.63) is 5.01 Å². The Balaban J connectivity index is 0.00000200. The van der Waals surface area contributed by atoms with Crippen LogP contribution >= 0.6 is 23.7 Å². The van der Waals surface area contributed by atoms with Crippen LogP contribution in [0.2, 0.25) is 0 Å². The maximum atomic E-state index is 11.9. The van der Waals surface area contributed by atoms with E-state index in [-0.39, 0.29) is 18.3 Å². The minimum atomic E-state index is -0.429. The van der Waals surface area contributed by atoms with Gasteiger partial charge < -0.3 is 10.1 Å². The molecule has 6 nitrogen and oxygen atoms in total. The number of unbranched alkanes of at least 4 members (excludes halogenated alkanes) is 2. The number of ether oxygens (including phenoxy) is 1. The molecule has 114 valence electrons. The predicted molar refractivity (Wildman–Crippen MR) is 81.6 cm³/mol. The molecular formula is C12H21ClN4O2S. The van der Waals surface area contributed by atoms with Crippen LogP contribution < -0.4 is 10.6 Å². The molecule has 0 aliphatic carbocycles. The lowest BCUT2D eigenvalue weighted by Gasteiger charge is -2.21. The van der Waals surface area contributed by atoms with Crippen LogP contribution in [0.5, 0.6) is 0 Å². The van der Waals surface area contributed by atoms with Gasteiger partial charge in [-0.15, -0.1) is 22.6 Å². The van der Waals surface area contributed by atoms with Crippen molar-refractivity contribution >= 4 is 34.8 Å². The molecule has 0 bridgehead atoms. The zero-order chi connectivity index (χ0) is 13.5. The predicted octanol–water partition coefficient (Wildman–Crippen LogP) is 1.62. The molecule has 1 atom stereocenters. The van der Waals surface area contributed by atoms with Crippen molar-refractivity contribution in [1.82, 2.24) is 15.5 Å². The van der Waals surface area contributed by atoms with Gasteiger partial charge in [-0.3, -0.25) is 10.1 Å². The molecule has 1 saturated heterocycles. The Morgan fingerprint density at radius 3 is 3.05 bits per heavy atom. The number of nitrogens with zero attached hydrogens (tertiary/aromatic N) is 2. The first-order chi connectivity index (χ1) is 9.29. The van der Waals surface area contributed by atoms with E-state index >= 15 is 0 Å². The molecule has 1 aromatic heterocycles. The summed E-state index contributed by atoms with van der Waals surface area (Å²) in [7, 11) is 0. The van der Waals surface area contributed by atoms with Gasteiger partial charge in [-0.2, -0.15) is 0 Å². The Morgan fingerprint density at radius 2 is 2.35 bits per heavy atom. The minimum Gasteiger partial charge on any atom is -0.366 e. The average Bonchev–Trinajstić information content (AvgIpc) is 2.88. The van der Waals surface area contributed by atoms with Crippen molar-refractivity contribution in [1.29, 1.82) is 0 Å². The highest BCUT2D eigenvalue weighted by Gasteiger charge is 2.22. The van der Waals surface area contributed by atoms with Gasteiger partial charge >= 0.3 is 0 Å². The zero-order valence-corrected chi connectivity index (χ0v) is 13.2. The number of anilines is 1. The number of amides is 1. The monoisotopic (exact) mass is 320 g/mol. The zero-order valence-electron chi connectivity index (χ0n) is 11.6. The first-order valence-corrected chi connectivity index (χ1v) is 7.57. The van der Waals surface area contributed by atoms with Crippen LogP contribution in [0, 0.1) is 0 Å². The largest absolute Gasteiger partial charge is 0.366 e. The number of hydrogen-bond donors (Lipinski definition) is 2. The van der Waals surface area contributed by atoms with Crippen LogP contribution in [0.4, 0.5) is 5.13 Å². The average molecular weight is 321 g/mol. The molecule has 20 heavy (non-hydrogen) atoms. The summed E-state index contributed by atoms with van der Waals surface area (Å²) in [6, 6.07) is 0. The SMILES string of the molecule is CCCCCc1nnc(NC(=O)C2CNCCO2)s1.Cl. The van der Waals surface area contributed by atoms with Crippen LogP contribution in [0.1, 0.15) is 31.2 Å². The number of morpholine rings is 1. The molecule has 0 saturated carbocycles. The fourth-order valence-corrected chi connectivity index (χ4v) is 2.64. The molecular weight excluding hydrogens is 300 g/mol. The topological polar surface area (TPSA) is 76.1 Å². The molecule has 1 unspecified atom stereocenters. The summed E-state index contributed by atoms with van der Waals surface area (Å²) in [5, 5.41) is 15.5. The summed E-state index contributed by atoms with van der Waals surface area (Å²) in [4.78, 5) is 11.9. The number of halogens is 1. The molecule has 2 heterocycles. The fraction of sp³-hybridized carbons (Fsp3) is 0.750. The molecule has 1 aliphatic heterocycles. The van der Waals surface area contributed by atoms with Crippen LogP contribution in [-0.4, -0.2) is 41.9 Å². The Labute approximate surface area is 129 Å². The molecule has 2 N–H and O–H groups in total. The molecule has 0 spiro atoms. The molecule has 1 fully saturated rings. The molecule has 1 aliphatic rings. The molecule has 1 amide bonds. The van der Waals surface area contributed by atoms with E-state index in [4.69, 9.17) is 4.74 Å². The van der Waals surface area contributed by atoms with E-state index in [1.807, 2.05) is 0 Å². The second-order valence-corrected chi connectivity index (χ2v) is 5.57. The maximum Gasteiger partial charge on any atom is 0.256 e. The fourth-order valence-electron chi connectivity index (χ4n) is 1.85. The summed E-state index contributed by atoms with van der Waals surface area (Å²) < 4.78 is 5.38. The van der Waals surface area contributed by atoms with Crippen molar-refractivity contribution < 1.29 is 9.53 Å². The Bertz CT molecular complexity index is 410. The lowest BCUT2D eigenvalue weighted by atomic mass is 10.2. The number of nitrogens with one attached hydrogen (secondary N) is 2. The highest BCUT2D eigenvalue weighted by atomic mass is 35.5. The quantitative estimate of drug-likeness (QED) is 0.779. The lowest BCUT2D eigenvalue weighted by Crippen LogP contribution is -2.45. The molecule has 8 heteroatoms. The number of hydrogen-bond acceptors (Lipinski definition) is 6. The minimum absolute atomic E-state index is 0. The standard InChI is InChI=1S/C12H20N4O2S.ClH/c1-2-3-4-5-10-15-16-12(19-10)14-11(17)9-8-13-6-7-18-9;/h9,13H,2-8H2,1H3,(H,14,16,17);1H. The second kappa shape index (κ2) is 9.23. The van der Waals surface area contributed by atoms with E-state index in [1.165, 1.54) is 24.2 Å². The molecule has 0 aromatic carbocycles. The Morgan fingerprint density at radius 1 is 1.50 bits per heavy atom. The van der Waals surface area contributed by atoms with Gasteiger partial charge in [0.15, 0.2) is 0 Å². The van der Waals surface area contributed by atoms with Crippen molar-refractivity contribution in [3.63, 3.8) is 0 Å². The van der Waals surface area contributed by atoms with Crippen molar-refractivity contribution in [2.24, 2.45) is 0 Å². The molecule has 2 rings (SSSR count). The first kappa shape index (κ1) is 17.3. The summed E-state index contributed by atoms with van der Waals surface area (Å²) in [5.41, 5.74) is 0. The number of aromatic nitrogens is 2. The van der Waals surface area contributed by atoms with Gasteiger partial charge in [0, 0.05) is 19.5 Å². The summed E-state index contributed by atoms with van der Waals surface area (Å²) in [5.74, 6) is -0.150. The van der Waals surface area contributed by atoms with Crippen LogP contribution in [0.25, 0.3) is 0 Å². The van der Waals surface area contributed by atoms with Crippen molar-refractivity contribution in [3.8, 4) is 0 Å². The van der Waals surface area contributed by atoms with E-state index in [0.29, 0.717) is 18.3 Å². The summed E-state index contributed by atoms with van der Waals surface area (Å²) in [6.45, 7) is 4.08. The third-order valence-corrected chi connectivity index (χ3v) is 3.81. The van der Waals surface area contributed by atoms with E-state index < -0.39 is 6.10 Å². The Kier molecular flexibility index (Phi) is 7.98. The van der Waals surface area contributed by atoms with Crippen LogP contribution in [0.3, 0.4) is 0 Å². The van der Waals surface area contributed by atoms with Gasteiger partial charge in [-0.25, -0.2) is 0 Å². The lowest BCUT2D eigenvalue weighted by molar-refractivity contribution is -0.128. The van der Waals surface area contributed by atoms with E-state index in [2.05, 4.69) is 27.8 Å². The third kappa shape index (κ3) is 5.32. The highest BCUT2D eigenvalue weighted by molar-refractivity contribution is 7.15. The third-order valence-electron chi connectivity index (χ3n) is 2.91. The van der Waals surface area contributed by atoms with Gasteiger partial charge in [0.1, 0.15) is 11.1 Å². The normalized spacial score (nSPS) is 18.4. The number of carbonyl (C=O) groups is 1. The van der Waals surface area contributed by atoms with E-state index in [9.17, 15) is 4.79 Å². The van der Waals surface area contributed by atoms with Gasteiger partial charge in [0.2, 0.25) is 5.13 Å². The van der Waals surface area contributed by atoms with E-state index in [1.54, 1.807) is 0 Å². The highest BCUT2D eigenvalue weighted by Crippen LogP contribution is 2.18. The summed E-state index contributed by atoms with van der Waals surface area (Å²) in [6.07, 6.45) is 4.01. The molecule has 1 aromatic rings. The number of aryl methyl sites for hydroxylation is 1. The second-order valence-electron chi connectivity index (χ2n) is 4.51. The summed E-state index contributed by atoms with van der Waals surface area (Å²) >= 11 is 1.45. The van der Waals surface area contributed by atoms with Crippen LogP contribution in [-0.2, 0) is 16.0 Å². The van der Waals surface area contributed by atoms with Gasteiger partial charge in [-0.1, -0.05) is 31.1 Å². The number of carbonyl (C=O) groups excluding carboxylic acids is 1. The number of rotatable bonds is 6. The van der Waals surface area contributed by atoms with Crippen molar-refractivity contribution in [2.45, 2.75) is 38.7 Å². The first-order valence-electron chi connectivity index (χ1n) is 6.75. The van der Waals surface area contributed by atoms with Crippen molar-refractivity contribution in [2.75, 3.05) is 25.0 Å². The maximum absolute atomic E-state index is 11.9. The van der Waals surface area contributed by atoms with E-state index in [0.717, 1.165) is 24.4 Å².